The Labute approximate surface area is 128 Å². The molecule has 0 radical (unpaired) electrons. The third-order valence-electron chi connectivity index (χ3n) is 3.17. The van der Waals surface area contributed by atoms with Gasteiger partial charge in [-0.05, 0) is 25.0 Å². The van der Waals surface area contributed by atoms with E-state index < -0.39 is 12.2 Å². The molecule has 0 aliphatic carbocycles. The van der Waals surface area contributed by atoms with E-state index in [1.54, 1.807) is 17.6 Å². The zero-order valence-corrected chi connectivity index (χ0v) is 12.3. The Kier molecular flexibility index (Phi) is 8.13. The van der Waals surface area contributed by atoms with Crippen LogP contribution in [0.4, 0.5) is 5.69 Å². The van der Waals surface area contributed by atoms with Gasteiger partial charge in [0.25, 0.3) is 0 Å². The Morgan fingerprint density at radius 1 is 0.909 bits per heavy atom. The highest BCUT2D eigenvalue weighted by atomic mass is 16.5. The van der Waals surface area contributed by atoms with Crippen LogP contribution in [0.5, 0.6) is 0 Å². The molecular formula is C15H22N2O5. The fourth-order valence-corrected chi connectivity index (χ4v) is 1.94. The summed E-state index contributed by atoms with van der Waals surface area (Å²) in [6, 6.07) is 6.29. The van der Waals surface area contributed by atoms with Gasteiger partial charge in [0.05, 0.1) is 0 Å². The number of anilines is 1. The number of benzene rings is 1. The van der Waals surface area contributed by atoms with Gasteiger partial charge in [-0.25, -0.2) is 5.48 Å². The van der Waals surface area contributed by atoms with Crippen LogP contribution in [0, 0.1) is 0 Å². The van der Waals surface area contributed by atoms with Gasteiger partial charge in [0.1, 0.15) is 0 Å². The van der Waals surface area contributed by atoms with E-state index in [2.05, 4.69) is 5.32 Å². The van der Waals surface area contributed by atoms with Gasteiger partial charge in [0.2, 0.25) is 11.8 Å². The van der Waals surface area contributed by atoms with E-state index in [4.69, 9.17) is 15.4 Å². The summed E-state index contributed by atoms with van der Waals surface area (Å²) in [7, 11) is 0. The molecule has 122 valence electrons. The zero-order chi connectivity index (χ0) is 16.4. The number of amides is 2. The molecule has 0 saturated carbocycles. The van der Waals surface area contributed by atoms with E-state index >= 15 is 0 Å². The van der Waals surface area contributed by atoms with Crippen molar-refractivity contribution in [3.05, 3.63) is 29.8 Å². The van der Waals surface area contributed by atoms with Crippen molar-refractivity contribution < 1.29 is 25.0 Å². The van der Waals surface area contributed by atoms with E-state index in [1.807, 2.05) is 0 Å². The molecule has 0 aliphatic rings. The van der Waals surface area contributed by atoms with Crippen LogP contribution in [-0.2, 0) is 9.59 Å². The van der Waals surface area contributed by atoms with Crippen molar-refractivity contribution >= 4 is 17.5 Å². The Morgan fingerprint density at radius 3 is 1.95 bits per heavy atom. The largest absolute Gasteiger partial charge is 0.364 e. The Morgan fingerprint density at radius 2 is 1.45 bits per heavy atom. The van der Waals surface area contributed by atoms with Crippen molar-refractivity contribution in [1.82, 2.24) is 5.48 Å². The van der Waals surface area contributed by atoms with Crippen LogP contribution in [0.3, 0.4) is 0 Å². The maximum atomic E-state index is 11.7. The Hall–Kier alpha value is -1.96. The first-order valence-electron chi connectivity index (χ1n) is 7.22. The molecule has 1 aromatic rings. The number of aliphatic hydroxyl groups excluding tert-OH is 1. The van der Waals surface area contributed by atoms with Gasteiger partial charge in [0, 0.05) is 24.1 Å². The molecule has 0 atom stereocenters. The normalized spacial score (nSPS) is 10.5. The van der Waals surface area contributed by atoms with E-state index in [1.165, 1.54) is 12.1 Å². The maximum Gasteiger partial charge on any atom is 0.243 e. The van der Waals surface area contributed by atoms with Crippen molar-refractivity contribution in [3.8, 4) is 0 Å². The molecule has 0 saturated heterocycles. The molecule has 0 aromatic heterocycles. The highest BCUT2D eigenvalue weighted by molar-refractivity contribution is 5.90. The van der Waals surface area contributed by atoms with Crippen LogP contribution < -0.4 is 10.8 Å². The SMILES string of the molecule is O=C(CCCCCCC(=O)Nc1ccc(C(O)O)cc1)NO. The number of rotatable bonds is 9. The summed E-state index contributed by atoms with van der Waals surface area (Å²) < 4.78 is 0. The molecule has 1 rings (SSSR count). The Bertz CT molecular complexity index is 473. The van der Waals surface area contributed by atoms with Gasteiger partial charge < -0.3 is 15.5 Å². The van der Waals surface area contributed by atoms with Crippen LogP contribution >= 0.6 is 0 Å². The van der Waals surface area contributed by atoms with Gasteiger partial charge in [0.15, 0.2) is 6.29 Å². The smallest absolute Gasteiger partial charge is 0.243 e. The second-order valence-electron chi connectivity index (χ2n) is 4.99. The number of hydrogen-bond donors (Lipinski definition) is 5. The number of hydroxylamine groups is 1. The highest BCUT2D eigenvalue weighted by Gasteiger charge is 2.05. The predicted octanol–water partition coefficient (Wildman–Crippen LogP) is 1.45. The number of carbonyl (C=O) groups is 2. The van der Waals surface area contributed by atoms with E-state index in [-0.39, 0.29) is 12.3 Å². The van der Waals surface area contributed by atoms with Crippen LogP contribution in [0.25, 0.3) is 0 Å². The first-order valence-corrected chi connectivity index (χ1v) is 7.22. The lowest BCUT2D eigenvalue weighted by atomic mass is 10.1. The number of hydrogen-bond acceptors (Lipinski definition) is 5. The lowest BCUT2D eigenvalue weighted by Gasteiger charge is -2.07. The third kappa shape index (κ3) is 7.16. The summed E-state index contributed by atoms with van der Waals surface area (Å²) in [5.74, 6) is -0.500. The van der Waals surface area contributed by atoms with Crippen LogP contribution in [0.15, 0.2) is 24.3 Å². The van der Waals surface area contributed by atoms with Crippen LogP contribution in [0.1, 0.15) is 50.4 Å². The van der Waals surface area contributed by atoms with Gasteiger partial charge in [-0.2, -0.15) is 0 Å². The lowest BCUT2D eigenvalue weighted by molar-refractivity contribution is -0.129. The molecule has 0 unspecified atom stereocenters. The molecule has 0 bridgehead atoms. The van der Waals surface area contributed by atoms with Crippen LogP contribution in [0.2, 0.25) is 0 Å². The minimum atomic E-state index is -1.52. The van der Waals surface area contributed by atoms with E-state index in [0.29, 0.717) is 24.1 Å². The summed E-state index contributed by atoms with van der Waals surface area (Å²) in [6.07, 6.45) is 2.21. The first-order chi connectivity index (χ1) is 10.5. The van der Waals surface area contributed by atoms with E-state index in [0.717, 1.165) is 19.3 Å². The molecule has 5 N–H and O–H groups in total. The minimum absolute atomic E-state index is 0.106. The standard InChI is InChI=1S/C15H22N2O5/c18-13(5-3-1-2-4-6-14(19)17-22)16-12-9-7-11(8-10-12)15(20)21/h7-10,15,20-22H,1-6H2,(H,16,18)(H,17,19). The fourth-order valence-electron chi connectivity index (χ4n) is 1.94. The Balaban J connectivity index is 2.17. The summed E-state index contributed by atoms with van der Waals surface area (Å²) in [6.45, 7) is 0. The molecule has 0 heterocycles. The topological polar surface area (TPSA) is 119 Å². The lowest BCUT2D eigenvalue weighted by Crippen LogP contribution is -2.17. The molecule has 0 spiro atoms. The summed E-state index contributed by atoms with van der Waals surface area (Å²) >= 11 is 0. The molecule has 22 heavy (non-hydrogen) atoms. The molecule has 7 nitrogen and oxygen atoms in total. The van der Waals surface area contributed by atoms with Gasteiger partial charge in [-0.1, -0.05) is 25.0 Å². The number of aliphatic hydroxyl groups is 2. The summed E-state index contributed by atoms with van der Waals surface area (Å²) in [5, 5.41) is 29.0. The number of unbranched alkanes of at least 4 members (excludes halogenated alkanes) is 3. The maximum absolute atomic E-state index is 11.7. The van der Waals surface area contributed by atoms with Crippen molar-refractivity contribution in [2.24, 2.45) is 0 Å². The molecule has 0 aliphatic heterocycles. The van der Waals surface area contributed by atoms with Crippen LogP contribution in [-0.4, -0.2) is 27.2 Å². The van der Waals surface area contributed by atoms with Gasteiger partial charge in [-0.15, -0.1) is 0 Å². The molecule has 7 heteroatoms. The average molecular weight is 310 g/mol. The molecule has 0 fully saturated rings. The molecule has 2 amide bonds. The van der Waals surface area contributed by atoms with Gasteiger partial charge in [-0.3, -0.25) is 14.8 Å². The summed E-state index contributed by atoms with van der Waals surface area (Å²) in [4.78, 5) is 22.5. The number of carbonyl (C=O) groups excluding carboxylic acids is 2. The monoisotopic (exact) mass is 310 g/mol. The predicted molar refractivity (Wildman–Crippen MR) is 79.9 cm³/mol. The summed E-state index contributed by atoms with van der Waals surface area (Å²) in [5.41, 5.74) is 2.55. The van der Waals surface area contributed by atoms with Crippen molar-refractivity contribution in [3.63, 3.8) is 0 Å². The number of nitrogens with one attached hydrogen (secondary N) is 2. The average Bonchev–Trinajstić information content (AvgIpc) is 2.50. The molecule has 1 aromatic carbocycles. The zero-order valence-electron chi connectivity index (χ0n) is 12.3. The first kappa shape index (κ1) is 18.1. The third-order valence-corrected chi connectivity index (χ3v) is 3.17. The molecular weight excluding hydrogens is 288 g/mol. The quantitative estimate of drug-likeness (QED) is 0.205. The van der Waals surface area contributed by atoms with Gasteiger partial charge >= 0.3 is 0 Å². The van der Waals surface area contributed by atoms with Crippen molar-refractivity contribution in [2.45, 2.75) is 44.8 Å². The fraction of sp³-hybridized carbons (Fsp3) is 0.467. The van der Waals surface area contributed by atoms with Crippen molar-refractivity contribution in [1.29, 1.82) is 0 Å². The second-order valence-corrected chi connectivity index (χ2v) is 4.99. The van der Waals surface area contributed by atoms with E-state index in [9.17, 15) is 9.59 Å². The minimum Gasteiger partial charge on any atom is -0.364 e. The highest BCUT2D eigenvalue weighted by Crippen LogP contribution is 2.15. The second kappa shape index (κ2) is 9.88. The van der Waals surface area contributed by atoms with Crippen molar-refractivity contribution in [2.75, 3.05) is 5.32 Å².